The Morgan fingerprint density at radius 2 is 1.88 bits per heavy atom. The summed E-state index contributed by atoms with van der Waals surface area (Å²) in [6.45, 7) is 10.1. The van der Waals surface area contributed by atoms with Crippen LogP contribution in [0.15, 0.2) is 27.2 Å². The lowest BCUT2D eigenvalue weighted by Gasteiger charge is -2.38. The van der Waals surface area contributed by atoms with Crippen molar-refractivity contribution in [3.05, 3.63) is 24.1 Å². The number of carbonyl (C=O) groups excluding carboxylic acids is 2. The third kappa shape index (κ3) is 5.59. The number of rotatable bonds is 5. The van der Waals surface area contributed by atoms with Crippen LogP contribution in [-0.4, -0.2) is 78.0 Å². The van der Waals surface area contributed by atoms with Gasteiger partial charge in [-0.05, 0) is 45.7 Å². The van der Waals surface area contributed by atoms with E-state index in [9.17, 15) is 14.9 Å². The highest BCUT2D eigenvalue weighted by molar-refractivity contribution is 5.80. The average molecular weight is 469 g/mol. The molecule has 34 heavy (non-hydrogen) atoms. The number of anilines is 1. The Morgan fingerprint density at radius 3 is 2.47 bits per heavy atom. The molecule has 0 atom stereocenters. The summed E-state index contributed by atoms with van der Waals surface area (Å²) in [4.78, 5) is 35.5. The lowest BCUT2D eigenvalue weighted by molar-refractivity contribution is -0.138. The van der Waals surface area contributed by atoms with Crippen LogP contribution in [0.5, 0.6) is 0 Å². The number of nitriles is 1. The van der Waals surface area contributed by atoms with Crippen LogP contribution in [0, 0.1) is 17.2 Å². The van der Waals surface area contributed by atoms with Gasteiger partial charge in [-0.2, -0.15) is 10.2 Å². The van der Waals surface area contributed by atoms with E-state index < -0.39 is 0 Å². The zero-order valence-corrected chi connectivity index (χ0v) is 20.0. The van der Waals surface area contributed by atoms with Gasteiger partial charge in [0.1, 0.15) is 6.07 Å². The molecule has 0 aromatic carbocycles. The van der Waals surface area contributed by atoms with E-state index in [1.54, 1.807) is 12.1 Å². The number of oxazole rings is 1. The van der Waals surface area contributed by atoms with E-state index in [-0.39, 0.29) is 34.9 Å². The maximum absolute atomic E-state index is 13.1. The van der Waals surface area contributed by atoms with Crippen LogP contribution in [0.4, 0.5) is 5.88 Å². The highest BCUT2D eigenvalue weighted by Gasteiger charge is 2.33. The predicted molar refractivity (Wildman–Crippen MR) is 125 cm³/mol. The van der Waals surface area contributed by atoms with E-state index >= 15 is 0 Å². The topological polar surface area (TPSA) is 119 Å². The molecule has 0 unspecified atom stereocenters. The quantitative estimate of drug-likeness (QED) is 0.709. The molecule has 2 amide bonds. The lowest BCUT2D eigenvalue weighted by Crippen LogP contribution is -2.54. The lowest BCUT2D eigenvalue weighted by atomic mass is 9.95. The maximum atomic E-state index is 13.1. The van der Waals surface area contributed by atoms with Crippen LogP contribution >= 0.6 is 0 Å². The summed E-state index contributed by atoms with van der Waals surface area (Å²) >= 11 is 0. The summed E-state index contributed by atoms with van der Waals surface area (Å²) in [6, 6.07) is 5.57. The number of hydrogen-bond donors (Lipinski definition) is 1. The summed E-state index contributed by atoms with van der Waals surface area (Å²) < 4.78 is 11.2. The number of aromatic nitrogens is 1. The van der Waals surface area contributed by atoms with Crippen molar-refractivity contribution in [1.29, 1.82) is 5.26 Å². The zero-order chi connectivity index (χ0) is 24.3. The van der Waals surface area contributed by atoms with Crippen molar-refractivity contribution in [3.63, 3.8) is 0 Å². The molecular weight excluding hydrogens is 436 g/mol. The Balaban J connectivity index is 1.27. The molecule has 2 aliphatic rings. The van der Waals surface area contributed by atoms with Crippen molar-refractivity contribution in [1.82, 2.24) is 20.1 Å². The van der Waals surface area contributed by atoms with Crippen molar-refractivity contribution in [3.8, 4) is 17.7 Å². The second-order valence-electron chi connectivity index (χ2n) is 9.92. The van der Waals surface area contributed by atoms with Gasteiger partial charge in [0, 0.05) is 50.7 Å². The molecule has 4 heterocycles. The molecule has 1 N–H and O–H groups in total. The molecule has 0 aliphatic carbocycles. The summed E-state index contributed by atoms with van der Waals surface area (Å²) in [5, 5.41) is 12.5. The SMILES string of the molecule is CC(C)(C)NC(=O)CN1CCN(C(=O)C2CCN(c3oc(-c4ccco4)nc3C#N)CC2)CC1. The molecule has 10 nitrogen and oxygen atoms in total. The molecular formula is C24H32N6O4. The molecule has 0 saturated carbocycles. The van der Waals surface area contributed by atoms with Crippen molar-refractivity contribution in [2.45, 2.75) is 39.2 Å². The zero-order valence-electron chi connectivity index (χ0n) is 20.0. The van der Waals surface area contributed by atoms with Crippen molar-refractivity contribution in [2.24, 2.45) is 5.92 Å². The van der Waals surface area contributed by atoms with Crippen molar-refractivity contribution in [2.75, 3.05) is 50.7 Å². The van der Waals surface area contributed by atoms with Gasteiger partial charge in [-0.1, -0.05) is 0 Å². The Hall–Kier alpha value is -3.32. The summed E-state index contributed by atoms with van der Waals surface area (Å²) in [5.41, 5.74) is -0.0214. The highest BCUT2D eigenvalue weighted by atomic mass is 16.4. The first-order valence-electron chi connectivity index (χ1n) is 11.8. The second kappa shape index (κ2) is 9.89. The van der Waals surface area contributed by atoms with Crippen LogP contribution < -0.4 is 10.2 Å². The fraction of sp³-hybridized carbons (Fsp3) is 0.583. The minimum absolute atomic E-state index is 0.0130. The number of nitrogens with zero attached hydrogens (tertiary/aromatic N) is 5. The first-order chi connectivity index (χ1) is 16.2. The summed E-state index contributed by atoms with van der Waals surface area (Å²) in [7, 11) is 0. The number of piperidine rings is 1. The Bertz CT molecular complexity index is 1030. The van der Waals surface area contributed by atoms with Gasteiger partial charge in [0.2, 0.25) is 23.4 Å². The number of carbonyl (C=O) groups is 2. The predicted octanol–water partition coefficient (Wildman–Crippen LogP) is 2.08. The molecule has 2 saturated heterocycles. The fourth-order valence-electron chi connectivity index (χ4n) is 4.48. The molecule has 10 heteroatoms. The van der Waals surface area contributed by atoms with Gasteiger partial charge in [0.25, 0.3) is 5.89 Å². The summed E-state index contributed by atoms with van der Waals surface area (Å²) in [5.74, 6) is 1.32. The van der Waals surface area contributed by atoms with E-state index in [1.165, 1.54) is 6.26 Å². The number of amides is 2. The minimum atomic E-state index is -0.246. The first-order valence-corrected chi connectivity index (χ1v) is 11.8. The Labute approximate surface area is 199 Å². The molecule has 0 spiro atoms. The van der Waals surface area contributed by atoms with E-state index in [0.717, 1.165) is 0 Å². The molecule has 182 valence electrons. The molecule has 0 radical (unpaired) electrons. The van der Waals surface area contributed by atoms with Gasteiger partial charge in [-0.25, -0.2) is 0 Å². The van der Waals surface area contributed by atoms with Crippen molar-refractivity contribution < 1.29 is 18.4 Å². The van der Waals surface area contributed by atoms with Crippen LogP contribution in [0.25, 0.3) is 11.7 Å². The van der Waals surface area contributed by atoms with Gasteiger partial charge in [0.15, 0.2) is 5.76 Å². The normalized spacial score (nSPS) is 18.1. The number of hydrogen-bond acceptors (Lipinski definition) is 8. The van der Waals surface area contributed by atoms with Gasteiger partial charge < -0.3 is 24.0 Å². The third-order valence-corrected chi connectivity index (χ3v) is 6.14. The summed E-state index contributed by atoms with van der Waals surface area (Å²) in [6.07, 6.45) is 2.91. The number of nitrogens with one attached hydrogen (secondary N) is 1. The van der Waals surface area contributed by atoms with E-state index in [4.69, 9.17) is 8.83 Å². The molecule has 2 aromatic rings. The van der Waals surface area contributed by atoms with Gasteiger partial charge in [-0.3, -0.25) is 14.5 Å². The molecule has 4 rings (SSSR count). The van der Waals surface area contributed by atoms with Gasteiger partial charge in [0.05, 0.1) is 12.8 Å². The van der Waals surface area contributed by atoms with Crippen LogP contribution in [0.1, 0.15) is 39.3 Å². The highest BCUT2D eigenvalue weighted by Crippen LogP contribution is 2.31. The van der Waals surface area contributed by atoms with E-state index in [0.29, 0.717) is 70.3 Å². The van der Waals surface area contributed by atoms with Crippen LogP contribution in [-0.2, 0) is 9.59 Å². The monoisotopic (exact) mass is 468 g/mol. The smallest absolute Gasteiger partial charge is 0.266 e. The number of piperazine rings is 1. The van der Waals surface area contributed by atoms with Crippen molar-refractivity contribution >= 4 is 17.7 Å². The molecule has 2 aromatic heterocycles. The average Bonchev–Trinajstić information content (AvgIpc) is 3.48. The molecule has 2 aliphatic heterocycles. The van der Waals surface area contributed by atoms with E-state index in [1.807, 2.05) is 30.6 Å². The fourth-order valence-corrected chi connectivity index (χ4v) is 4.48. The maximum Gasteiger partial charge on any atom is 0.266 e. The third-order valence-electron chi connectivity index (χ3n) is 6.14. The number of furan rings is 1. The molecule has 2 fully saturated rings. The molecule has 0 bridgehead atoms. The Kier molecular flexibility index (Phi) is 6.93. The first kappa shape index (κ1) is 23.8. The largest absolute Gasteiger partial charge is 0.459 e. The van der Waals surface area contributed by atoms with Gasteiger partial charge >= 0.3 is 0 Å². The van der Waals surface area contributed by atoms with Crippen LogP contribution in [0.3, 0.4) is 0 Å². The van der Waals surface area contributed by atoms with E-state index in [2.05, 4.69) is 21.3 Å². The standard InChI is InChI=1S/C24H32N6O4/c1-24(2,3)27-20(31)16-28-10-12-29(13-11-28)22(32)17-6-8-30(9-7-17)23-18(15-25)26-21(34-23)19-5-4-14-33-19/h4-5,14,17H,6-13,16H2,1-3H3,(H,27,31). The van der Waals surface area contributed by atoms with Crippen LogP contribution in [0.2, 0.25) is 0 Å². The second-order valence-corrected chi connectivity index (χ2v) is 9.92. The minimum Gasteiger partial charge on any atom is -0.459 e. The van der Waals surface area contributed by atoms with Gasteiger partial charge in [-0.15, -0.1) is 0 Å². The Morgan fingerprint density at radius 1 is 1.18 bits per heavy atom.